The first kappa shape index (κ1) is 13.6. The summed E-state index contributed by atoms with van der Waals surface area (Å²) in [5.74, 6) is 0. The van der Waals surface area contributed by atoms with Gasteiger partial charge in [-0.1, -0.05) is 60.7 Å². The molecule has 1 aliphatic heterocycles. The van der Waals surface area contributed by atoms with E-state index in [0.717, 1.165) is 13.1 Å². The fraction of sp³-hybridized carbons (Fsp3) is 0.294. The monoisotopic (exact) mass is 282 g/mol. The third-order valence-electron chi connectivity index (χ3n) is 4.48. The largest absolute Gasteiger partial charge is 0.331 e. The SMILES string of the molecule is NCC[SiH]1CCNC1(c1ccccc1)c1ccccc1. The standard InChI is InChI=1S/C17H22N2Si/c18-11-13-20-14-12-19-17(20,15-7-3-1-4-8-15)16-9-5-2-6-10-16/h1-10,19-20H,11-14,18H2. The summed E-state index contributed by atoms with van der Waals surface area (Å²) in [5, 5.41) is 3.90. The van der Waals surface area contributed by atoms with Gasteiger partial charge in [0, 0.05) is 0 Å². The lowest BCUT2D eigenvalue weighted by atomic mass is 9.97. The second-order valence-corrected chi connectivity index (χ2v) is 8.94. The van der Waals surface area contributed by atoms with Crippen LogP contribution >= 0.6 is 0 Å². The maximum absolute atomic E-state index is 5.89. The van der Waals surface area contributed by atoms with E-state index in [-0.39, 0.29) is 5.16 Å². The molecule has 2 aromatic rings. The van der Waals surface area contributed by atoms with Crippen molar-refractivity contribution in [3.05, 3.63) is 71.8 Å². The Hall–Kier alpha value is -1.42. The van der Waals surface area contributed by atoms with Crippen molar-refractivity contribution in [1.29, 1.82) is 0 Å². The Kier molecular flexibility index (Phi) is 4.01. The maximum atomic E-state index is 5.89. The molecule has 1 atom stereocenters. The van der Waals surface area contributed by atoms with Gasteiger partial charge < -0.3 is 11.1 Å². The molecule has 0 bridgehead atoms. The van der Waals surface area contributed by atoms with Gasteiger partial charge in [-0.25, -0.2) is 0 Å². The summed E-state index contributed by atoms with van der Waals surface area (Å²) in [6, 6.07) is 24.3. The van der Waals surface area contributed by atoms with Crippen molar-refractivity contribution in [1.82, 2.24) is 5.32 Å². The summed E-state index contributed by atoms with van der Waals surface area (Å²) >= 11 is 0. The minimum absolute atomic E-state index is 0.0574. The van der Waals surface area contributed by atoms with Crippen LogP contribution in [0.15, 0.2) is 60.7 Å². The third kappa shape index (κ3) is 2.22. The Morgan fingerprint density at radius 1 is 0.950 bits per heavy atom. The molecule has 3 rings (SSSR count). The quantitative estimate of drug-likeness (QED) is 0.844. The predicted molar refractivity (Wildman–Crippen MR) is 87.5 cm³/mol. The Balaban J connectivity index is 2.13. The first-order valence-electron chi connectivity index (χ1n) is 7.44. The van der Waals surface area contributed by atoms with E-state index < -0.39 is 8.80 Å². The van der Waals surface area contributed by atoms with E-state index in [1.165, 1.54) is 23.2 Å². The fourth-order valence-electron chi connectivity index (χ4n) is 3.61. The molecule has 0 saturated carbocycles. The molecular formula is C17H22N2Si. The van der Waals surface area contributed by atoms with Crippen LogP contribution in [0.1, 0.15) is 11.1 Å². The van der Waals surface area contributed by atoms with Crippen molar-refractivity contribution < 1.29 is 0 Å². The molecule has 0 spiro atoms. The van der Waals surface area contributed by atoms with E-state index in [1.807, 2.05) is 0 Å². The molecule has 3 N–H and O–H groups in total. The number of rotatable bonds is 4. The lowest BCUT2D eigenvalue weighted by molar-refractivity contribution is 0.591. The van der Waals surface area contributed by atoms with Gasteiger partial charge in [0.05, 0.1) is 14.0 Å². The van der Waals surface area contributed by atoms with Crippen LogP contribution in [-0.2, 0) is 5.16 Å². The molecule has 1 saturated heterocycles. The molecule has 0 amide bonds. The summed E-state index contributed by atoms with van der Waals surface area (Å²) in [4.78, 5) is 0. The van der Waals surface area contributed by atoms with Crippen LogP contribution in [0.25, 0.3) is 0 Å². The van der Waals surface area contributed by atoms with Crippen molar-refractivity contribution in [2.24, 2.45) is 5.73 Å². The summed E-state index contributed by atoms with van der Waals surface area (Å²) in [5.41, 5.74) is 8.71. The van der Waals surface area contributed by atoms with E-state index in [1.54, 1.807) is 0 Å². The maximum Gasteiger partial charge on any atom is 0.0745 e. The molecule has 1 heterocycles. The van der Waals surface area contributed by atoms with Crippen LogP contribution in [-0.4, -0.2) is 21.9 Å². The zero-order valence-electron chi connectivity index (χ0n) is 11.8. The van der Waals surface area contributed by atoms with E-state index in [0.29, 0.717) is 0 Å². The molecule has 1 aliphatic rings. The molecule has 0 radical (unpaired) electrons. The van der Waals surface area contributed by atoms with Gasteiger partial charge in [0.15, 0.2) is 0 Å². The number of nitrogens with one attached hydrogen (secondary N) is 1. The zero-order chi connectivity index (χ0) is 13.8. The average molecular weight is 282 g/mol. The Labute approximate surface area is 122 Å². The molecule has 0 aliphatic carbocycles. The lowest BCUT2D eigenvalue weighted by Gasteiger charge is -2.36. The van der Waals surface area contributed by atoms with Crippen LogP contribution in [0.5, 0.6) is 0 Å². The van der Waals surface area contributed by atoms with E-state index in [9.17, 15) is 0 Å². The average Bonchev–Trinajstić information content (AvgIpc) is 2.94. The first-order valence-corrected chi connectivity index (χ1v) is 9.65. The number of nitrogens with two attached hydrogens (primary N) is 1. The van der Waals surface area contributed by atoms with E-state index in [2.05, 4.69) is 66.0 Å². The van der Waals surface area contributed by atoms with Crippen molar-refractivity contribution >= 4 is 8.80 Å². The molecule has 2 aromatic carbocycles. The van der Waals surface area contributed by atoms with Crippen LogP contribution < -0.4 is 11.1 Å². The molecule has 104 valence electrons. The van der Waals surface area contributed by atoms with Crippen molar-refractivity contribution in [3.8, 4) is 0 Å². The lowest BCUT2D eigenvalue weighted by Crippen LogP contribution is -2.49. The Morgan fingerprint density at radius 2 is 1.50 bits per heavy atom. The molecule has 1 unspecified atom stereocenters. The Bertz CT molecular complexity index is 502. The highest BCUT2D eigenvalue weighted by atomic mass is 28.3. The number of benzene rings is 2. The first-order chi connectivity index (χ1) is 9.88. The normalized spacial score (nSPS) is 20.9. The summed E-state index contributed by atoms with van der Waals surface area (Å²) in [6.07, 6.45) is 0. The Morgan fingerprint density at radius 3 is 2.00 bits per heavy atom. The zero-order valence-corrected chi connectivity index (χ0v) is 12.9. The molecule has 20 heavy (non-hydrogen) atoms. The smallest absolute Gasteiger partial charge is 0.0745 e. The van der Waals surface area contributed by atoms with Gasteiger partial charge in [-0.2, -0.15) is 0 Å². The van der Waals surface area contributed by atoms with Crippen LogP contribution in [0, 0.1) is 0 Å². The van der Waals surface area contributed by atoms with Gasteiger partial charge in [-0.05, 0) is 36.3 Å². The van der Waals surface area contributed by atoms with Gasteiger partial charge in [-0.3, -0.25) is 0 Å². The molecule has 3 heteroatoms. The summed E-state index contributed by atoms with van der Waals surface area (Å²) < 4.78 is 0. The van der Waals surface area contributed by atoms with Gasteiger partial charge in [0.1, 0.15) is 0 Å². The second-order valence-electron chi connectivity index (χ2n) is 5.53. The highest BCUT2D eigenvalue weighted by Gasteiger charge is 2.45. The minimum atomic E-state index is -1.02. The van der Waals surface area contributed by atoms with Crippen LogP contribution in [0.4, 0.5) is 0 Å². The highest BCUT2D eigenvalue weighted by molar-refractivity contribution is 6.64. The molecule has 1 fully saturated rings. The molecule has 2 nitrogen and oxygen atoms in total. The van der Waals surface area contributed by atoms with Crippen molar-refractivity contribution in [2.45, 2.75) is 17.3 Å². The fourth-order valence-corrected chi connectivity index (χ4v) is 7.42. The van der Waals surface area contributed by atoms with Crippen LogP contribution in [0.2, 0.25) is 12.1 Å². The molecular weight excluding hydrogens is 260 g/mol. The van der Waals surface area contributed by atoms with Gasteiger partial charge in [-0.15, -0.1) is 0 Å². The van der Waals surface area contributed by atoms with Crippen molar-refractivity contribution in [3.63, 3.8) is 0 Å². The van der Waals surface area contributed by atoms with Crippen LogP contribution in [0.3, 0.4) is 0 Å². The van der Waals surface area contributed by atoms with Gasteiger partial charge in [0.25, 0.3) is 0 Å². The summed E-state index contributed by atoms with van der Waals surface area (Å²) in [7, 11) is -1.02. The van der Waals surface area contributed by atoms with E-state index >= 15 is 0 Å². The number of hydrogen-bond donors (Lipinski definition) is 2. The van der Waals surface area contributed by atoms with Gasteiger partial charge in [0.2, 0.25) is 0 Å². The highest BCUT2D eigenvalue weighted by Crippen LogP contribution is 2.38. The van der Waals surface area contributed by atoms with Gasteiger partial charge >= 0.3 is 0 Å². The second kappa shape index (κ2) is 5.91. The van der Waals surface area contributed by atoms with E-state index in [4.69, 9.17) is 5.73 Å². The molecule has 0 aromatic heterocycles. The summed E-state index contributed by atoms with van der Waals surface area (Å²) in [6.45, 7) is 1.92. The number of hydrogen-bond acceptors (Lipinski definition) is 2. The third-order valence-corrected chi connectivity index (χ3v) is 8.59. The predicted octanol–water partition coefficient (Wildman–Crippen LogP) is 2.26. The minimum Gasteiger partial charge on any atom is -0.331 e. The topological polar surface area (TPSA) is 38.0 Å². The van der Waals surface area contributed by atoms with Crippen molar-refractivity contribution in [2.75, 3.05) is 13.1 Å².